The SMILES string of the molecule is O=C(COc1ccc(Cl)c(F)c1)NC12[CH]CC(NC(=O)COc3ccc(Cl)c(F)c3)(CC1)CC2. The maximum atomic E-state index is 13.5. The van der Waals surface area contributed by atoms with E-state index in [2.05, 4.69) is 10.6 Å². The Bertz CT molecular complexity index is 989. The maximum Gasteiger partial charge on any atom is 0.258 e. The third-order valence-electron chi connectivity index (χ3n) is 6.30. The predicted molar refractivity (Wildman–Crippen MR) is 123 cm³/mol. The van der Waals surface area contributed by atoms with Crippen molar-refractivity contribution in [3.8, 4) is 11.5 Å². The number of hydrogen-bond donors (Lipinski definition) is 2. The highest BCUT2D eigenvalue weighted by Gasteiger charge is 2.50. The number of fused-ring (bicyclic) bond motifs is 3. The fourth-order valence-corrected chi connectivity index (χ4v) is 4.64. The molecule has 0 aliphatic heterocycles. The van der Waals surface area contributed by atoms with Gasteiger partial charge in [-0.3, -0.25) is 9.59 Å². The van der Waals surface area contributed by atoms with Crippen LogP contribution in [0.3, 0.4) is 0 Å². The van der Waals surface area contributed by atoms with Gasteiger partial charge < -0.3 is 20.1 Å². The molecule has 2 bridgehead atoms. The first-order valence-electron chi connectivity index (χ1n) is 10.8. The fourth-order valence-electron chi connectivity index (χ4n) is 4.40. The molecule has 10 heteroatoms. The van der Waals surface area contributed by atoms with Crippen LogP contribution in [-0.4, -0.2) is 36.1 Å². The summed E-state index contributed by atoms with van der Waals surface area (Å²) in [7, 11) is 0. The van der Waals surface area contributed by atoms with Crippen molar-refractivity contribution in [3.05, 3.63) is 64.5 Å². The standard InChI is InChI=1S/C24H23Cl2F2N2O4/c25-17-3-1-15(11-19(17)27)33-13-21(31)29-23-5-8-24(9-6-23,10-7-23)30-22(32)14-34-16-2-4-18(26)20(28)12-16/h1-5,11-12H,6-10,13-14H2,(H,29,31)(H,30,32). The van der Waals surface area contributed by atoms with Crippen LogP contribution in [0.5, 0.6) is 11.5 Å². The van der Waals surface area contributed by atoms with Crippen molar-refractivity contribution >= 4 is 35.0 Å². The molecule has 0 spiro atoms. The minimum absolute atomic E-state index is 0.0170. The van der Waals surface area contributed by atoms with E-state index < -0.39 is 22.7 Å². The molecule has 6 nitrogen and oxygen atoms in total. The van der Waals surface area contributed by atoms with E-state index in [4.69, 9.17) is 32.7 Å². The maximum absolute atomic E-state index is 13.5. The number of hydrogen-bond acceptors (Lipinski definition) is 4. The van der Waals surface area contributed by atoms with Crippen molar-refractivity contribution in [2.75, 3.05) is 13.2 Å². The number of carbonyl (C=O) groups excluding carboxylic acids is 2. The second-order valence-electron chi connectivity index (χ2n) is 8.67. The Morgan fingerprint density at radius 3 is 1.76 bits per heavy atom. The van der Waals surface area contributed by atoms with E-state index in [0.29, 0.717) is 32.1 Å². The lowest BCUT2D eigenvalue weighted by molar-refractivity contribution is -0.129. The van der Waals surface area contributed by atoms with Gasteiger partial charge in [0.05, 0.1) is 10.0 Å². The Kier molecular flexibility index (Phi) is 7.19. The van der Waals surface area contributed by atoms with Crippen LogP contribution in [0.25, 0.3) is 0 Å². The first-order chi connectivity index (χ1) is 16.2. The second-order valence-corrected chi connectivity index (χ2v) is 9.48. The van der Waals surface area contributed by atoms with Crippen molar-refractivity contribution in [1.82, 2.24) is 10.6 Å². The van der Waals surface area contributed by atoms with Gasteiger partial charge in [-0.05, 0) is 62.8 Å². The highest BCUT2D eigenvalue weighted by atomic mass is 35.5. The van der Waals surface area contributed by atoms with Crippen LogP contribution in [0.15, 0.2) is 36.4 Å². The van der Waals surface area contributed by atoms with E-state index in [0.717, 1.165) is 12.1 Å². The van der Waals surface area contributed by atoms with E-state index in [1.54, 1.807) is 0 Å². The summed E-state index contributed by atoms with van der Waals surface area (Å²) in [5.74, 6) is -1.40. The Morgan fingerprint density at radius 1 is 0.824 bits per heavy atom. The molecule has 2 aromatic carbocycles. The van der Waals surface area contributed by atoms with Crippen LogP contribution < -0.4 is 20.1 Å². The van der Waals surface area contributed by atoms with Crippen LogP contribution in [0.1, 0.15) is 32.1 Å². The highest BCUT2D eigenvalue weighted by Crippen LogP contribution is 2.46. The van der Waals surface area contributed by atoms with Gasteiger partial charge in [0.15, 0.2) is 13.2 Å². The van der Waals surface area contributed by atoms with Crippen molar-refractivity contribution < 1.29 is 27.8 Å². The van der Waals surface area contributed by atoms with Gasteiger partial charge in [0.1, 0.15) is 23.1 Å². The number of amides is 2. The fraction of sp³-hybridized carbons (Fsp3) is 0.375. The van der Waals surface area contributed by atoms with Crippen LogP contribution in [0, 0.1) is 18.1 Å². The van der Waals surface area contributed by atoms with E-state index in [1.165, 1.54) is 24.3 Å². The monoisotopic (exact) mass is 511 g/mol. The van der Waals surface area contributed by atoms with E-state index in [1.807, 2.05) is 6.42 Å². The zero-order valence-corrected chi connectivity index (χ0v) is 19.6. The van der Waals surface area contributed by atoms with Crippen molar-refractivity contribution in [2.24, 2.45) is 0 Å². The predicted octanol–water partition coefficient (Wildman–Crippen LogP) is 4.62. The molecule has 3 fully saturated rings. The molecule has 2 aromatic rings. The van der Waals surface area contributed by atoms with Crippen molar-refractivity contribution in [1.29, 1.82) is 0 Å². The zero-order chi connectivity index (χ0) is 24.3. The zero-order valence-electron chi connectivity index (χ0n) is 18.1. The molecule has 3 saturated carbocycles. The third-order valence-corrected chi connectivity index (χ3v) is 6.91. The molecule has 2 amide bonds. The van der Waals surface area contributed by atoms with Crippen LogP contribution in [-0.2, 0) is 9.59 Å². The second kappa shape index (κ2) is 9.96. The summed E-state index contributed by atoms with van der Waals surface area (Å²) in [6.45, 7) is -0.492. The number of carbonyl (C=O) groups is 2. The quantitative estimate of drug-likeness (QED) is 0.542. The first-order valence-corrected chi connectivity index (χ1v) is 11.6. The lowest BCUT2D eigenvalue weighted by Gasteiger charge is -2.53. The number of rotatable bonds is 8. The van der Waals surface area contributed by atoms with Gasteiger partial charge in [-0.1, -0.05) is 23.2 Å². The van der Waals surface area contributed by atoms with Gasteiger partial charge in [-0.25, -0.2) is 8.78 Å². The van der Waals surface area contributed by atoms with E-state index in [9.17, 15) is 18.4 Å². The number of nitrogens with one attached hydrogen (secondary N) is 2. The molecule has 0 unspecified atom stereocenters. The molecular weight excluding hydrogens is 489 g/mol. The topological polar surface area (TPSA) is 76.7 Å². The smallest absolute Gasteiger partial charge is 0.258 e. The number of halogens is 4. The molecule has 0 saturated heterocycles. The van der Waals surface area contributed by atoms with Crippen molar-refractivity contribution in [3.63, 3.8) is 0 Å². The lowest BCUT2D eigenvalue weighted by Crippen LogP contribution is -2.64. The summed E-state index contributed by atoms with van der Waals surface area (Å²) in [4.78, 5) is 24.9. The summed E-state index contributed by atoms with van der Waals surface area (Å²) in [5, 5.41) is 6.03. The van der Waals surface area contributed by atoms with Gasteiger partial charge in [0.2, 0.25) is 0 Å². The van der Waals surface area contributed by atoms with E-state index >= 15 is 0 Å². The number of ether oxygens (including phenoxy) is 2. The summed E-state index contributed by atoms with van der Waals surface area (Å²) in [6.07, 6.45) is 5.33. The van der Waals surface area contributed by atoms with E-state index in [-0.39, 0.29) is 46.6 Å². The normalized spacial score (nSPS) is 23.3. The molecule has 2 N–H and O–H groups in total. The molecule has 3 aliphatic rings. The molecule has 3 aliphatic carbocycles. The summed E-state index contributed by atoms with van der Waals surface area (Å²) >= 11 is 11.3. The number of benzene rings is 2. The van der Waals surface area contributed by atoms with Crippen LogP contribution in [0.4, 0.5) is 8.78 Å². The summed E-state index contributed by atoms with van der Waals surface area (Å²) in [6, 6.07) is 7.99. The Labute approximate surface area is 205 Å². The molecular formula is C24H23Cl2F2N2O4. The first kappa shape index (κ1) is 24.5. The largest absolute Gasteiger partial charge is 0.484 e. The molecule has 0 heterocycles. The molecule has 181 valence electrons. The van der Waals surface area contributed by atoms with Gasteiger partial charge in [0.25, 0.3) is 11.8 Å². The summed E-state index contributed by atoms with van der Waals surface area (Å²) < 4.78 is 37.8. The van der Waals surface area contributed by atoms with Gasteiger partial charge in [0, 0.05) is 23.2 Å². The van der Waals surface area contributed by atoms with Gasteiger partial charge in [-0.2, -0.15) is 0 Å². The Morgan fingerprint density at radius 2 is 1.32 bits per heavy atom. The molecule has 0 atom stereocenters. The highest BCUT2D eigenvalue weighted by molar-refractivity contribution is 6.31. The average Bonchev–Trinajstić information content (AvgIpc) is 2.82. The molecule has 34 heavy (non-hydrogen) atoms. The average molecular weight is 512 g/mol. The van der Waals surface area contributed by atoms with Crippen LogP contribution >= 0.6 is 23.2 Å². The summed E-state index contributed by atoms with van der Waals surface area (Å²) in [5.41, 5.74) is -0.856. The molecule has 1 radical (unpaired) electrons. The van der Waals surface area contributed by atoms with Crippen molar-refractivity contribution in [2.45, 2.75) is 43.2 Å². The molecule has 0 aromatic heterocycles. The lowest BCUT2D eigenvalue weighted by atomic mass is 9.61. The Balaban J connectivity index is 1.23. The van der Waals surface area contributed by atoms with Gasteiger partial charge >= 0.3 is 0 Å². The third kappa shape index (κ3) is 5.73. The minimum Gasteiger partial charge on any atom is -0.484 e. The van der Waals surface area contributed by atoms with Crippen LogP contribution in [0.2, 0.25) is 10.0 Å². The minimum atomic E-state index is -0.616. The Hall–Kier alpha value is -2.58. The molecule has 5 rings (SSSR count). The van der Waals surface area contributed by atoms with Gasteiger partial charge in [-0.15, -0.1) is 0 Å².